The number of nitrogens with one attached hydrogen (secondary N) is 2. The van der Waals surface area contributed by atoms with Gasteiger partial charge in [0.25, 0.3) is 0 Å². The van der Waals surface area contributed by atoms with Gasteiger partial charge in [-0.15, -0.1) is 13.9 Å². The van der Waals surface area contributed by atoms with Crippen LogP contribution in [0.5, 0.6) is 11.5 Å². The number of aryl methyl sites for hydroxylation is 2. The minimum absolute atomic E-state index is 0.0102. The number of hydrogen-bond acceptors (Lipinski definition) is 7. The van der Waals surface area contributed by atoms with Gasteiger partial charge in [0, 0.05) is 29.7 Å². The Balaban J connectivity index is 1.66. The Morgan fingerprint density at radius 1 is 1.10 bits per heavy atom. The third kappa shape index (κ3) is 4.55. The summed E-state index contributed by atoms with van der Waals surface area (Å²) in [5.41, 5.74) is 2.71. The summed E-state index contributed by atoms with van der Waals surface area (Å²) in [6, 6.07) is 7.92. The van der Waals surface area contributed by atoms with E-state index in [0.29, 0.717) is 23.7 Å². The van der Waals surface area contributed by atoms with Crippen molar-refractivity contribution in [1.29, 1.82) is 0 Å². The van der Waals surface area contributed by atoms with Crippen LogP contribution in [0.4, 0.5) is 20.4 Å². The Hall–Kier alpha value is -3.76. The van der Waals surface area contributed by atoms with Gasteiger partial charge in [-0.25, -0.2) is 4.68 Å². The molecule has 1 aliphatic heterocycles. The smallest absolute Gasteiger partial charge is 0.395 e. The molecule has 0 radical (unpaired) electrons. The van der Waals surface area contributed by atoms with Gasteiger partial charge in [0.2, 0.25) is 11.9 Å². The first-order valence-corrected chi connectivity index (χ1v) is 9.57. The maximum atomic E-state index is 13.3. The van der Waals surface area contributed by atoms with Gasteiger partial charge in [-0.2, -0.15) is 4.98 Å². The zero-order valence-corrected chi connectivity index (χ0v) is 17.1. The number of carbonyl (C=O) groups is 1. The molecule has 0 fully saturated rings. The minimum atomic E-state index is -3.70. The van der Waals surface area contributed by atoms with Gasteiger partial charge < -0.3 is 20.1 Å². The fourth-order valence-corrected chi connectivity index (χ4v) is 3.21. The fourth-order valence-electron chi connectivity index (χ4n) is 3.21. The normalized spacial score (nSPS) is 13.8. The summed E-state index contributed by atoms with van der Waals surface area (Å²) in [6.45, 7) is 6.04. The molecule has 1 aromatic carbocycles. The molecule has 162 valence electrons. The predicted molar refractivity (Wildman–Crippen MR) is 107 cm³/mol. The van der Waals surface area contributed by atoms with Gasteiger partial charge in [0.05, 0.1) is 12.1 Å². The van der Waals surface area contributed by atoms with Crippen LogP contribution in [-0.2, 0) is 11.2 Å². The van der Waals surface area contributed by atoms with E-state index >= 15 is 0 Å². The first-order valence-electron chi connectivity index (χ1n) is 9.57. The molecule has 0 bridgehead atoms. The first-order chi connectivity index (χ1) is 14.7. The van der Waals surface area contributed by atoms with Gasteiger partial charge in [-0.1, -0.05) is 0 Å². The summed E-state index contributed by atoms with van der Waals surface area (Å²) in [5.74, 6) is 0.240. The Kier molecular flexibility index (Phi) is 5.17. The zero-order valence-electron chi connectivity index (χ0n) is 17.1. The molecule has 4 rings (SSSR count). The first kappa shape index (κ1) is 20.5. The van der Waals surface area contributed by atoms with E-state index in [4.69, 9.17) is 0 Å². The fraction of sp³-hybridized carbons (Fsp3) is 0.300. The lowest BCUT2D eigenvalue weighted by atomic mass is 10.2. The average Bonchev–Trinajstić information content (AvgIpc) is 3.19. The topological polar surface area (TPSA) is 103 Å². The Labute approximate surface area is 176 Å². The van der Waals surface area contributed by atoms with Crippen molar-refractivity contribution in [3.8, 4) is 17.2 Å². The SMILES string of the molecule is CCNC(=O)Cc1nc(Nc2ccc3c(c2)OC(F)(F)O3)nn1-c1cc(C)nc(C)c1. The Morgan fingerprint density at radius 2 is 1.81 bits per heavy atom. The number of alkyl halides is 2. The molecule has 0 atom stereocenters. The van der Waals surface area contributed by atoms with Crippen LogP contribution in [0.2, 0.25) is 0 Å². The van der Waals surface area contributed by atoms with E-state index < -0.39 is 6.29 Å². The van der Waals surface area contributed by atoms with Crippen LogP contribution in [0, 0.1) is 13.8 Å². The van der Waals surface area contributed by atoms with Gasteiger partial charge >= 0.3 is 6.29 Å². The van der Waals surface area contributed by atoms with Crippen molar-refractivity contribution in [2.75, 3.05) is 11.9 Å². The van der Waals surface area contributed by atoms with E-state index in [1.807, 2.05) is 32.9 Å². The quantitative estimate of drug-likeness (QED) is 0.620. The van der Waals surface area contributed by atoms with Crippen molar-refractivity contribution in [1.82, 2.24) is 25.1 Å². The lowest BCUT2D eigenvalue weighted by Gasteiger charge is -2.07. The molecule has 0 unspecified atom stereocenters. The maximum absolute atomic E-state index is 13.3. The number of pyridine rings is 1. The van der Waals surface area contributed by atoms with Crippen molar-refractivity contribution in [3.05, 3.63) is 47.5 Å². The van der Waals surface area contributed by atoms with Gasteiger partial charge in [0.1, 0.15) is 5.82 Å². The van der Waals surface area contributed by atoms with E-state index in [2.05, 4.69) is 35.2 Å². The highest BCUT2D eigenvalue weighted by Crippen LogP contribution is 2.42. The van der Waals surface area contributed by atoms with E-state index in [0.717, 1.165) is 11.4 Å². The molecule has 2 N–H and O–H groups in total. The molecular weight excluding hydrogens is 410 g/mol. The molecule has 2 aromatic heterocycles. The number of nitrogens with zero attached hydrogens (tertiary/aromatic N) is 4. The van der Waals surface area contributed by atoms with Crippen molar-refractivity contribution in [2.24, 2.45) is 0 Å². The lowest BCUT2D eigenvalue weighted by molar-refractivity contribution is -0.286. The number of amides is 1. The number of halogens is 2. The summed E-state index contributed by atoms with van der Waals surface area (Å²) >= 11 is 0. The molecule has 0 aliphatic carbocycles. The van der Waals surface area contributed by atoms with Gasteiger partial charge in [-0.05, 0) is 45.0 Å². The molecule has 9 nitrogen and oxygen atoms in total. The molecule has 0 spiro atoms. The van der Waals surface area contributed by atoms with Crippen LogP contribution in [0.15, 0.2) is 30.3 Å². The summed E-state index contributed by atoms with van der Waals surface area (Å²) in [4.78, 5) is 20.9. The predicted octanol–water partition coefficient (Wildman–Crippen LogP) is 3.02. The van der Waals surface area contributed by atoms with E-state index in [1.54, 1.807) is 4.68 Å². The standard InChI is InChI=1S/C20H20F2N6O3/c1-4-23-18(29)10-17-26-19(27-28(17)14-7-11(2)24-12(3)8-14)25-13-5-6-15-16(9-13)31-20(21,22)30-15/h5-9H,4,10H2,1-3H3,(H,23,29)(H,25,27). The largest absolute Gasteiger partial charge is 0.586 e. The van der Waals surface area contributed by atoms with Crippen molar-refractivity contribution < 1.29 is 23.0 Å². The molecule has 0 saturated carbocycles. The number of anilines is 2. The van der Waals surface area contributed by atoms with Crippen LogP contribution < -0.4 is 20.1 Å². The number of hydrogen-bond donors (Lipinski definition) is 2. The molecule has 1 amide bonds. The second-order valence-corrected chi connectivity index (χ2v) is 6.96. The number of ether oxygens (including phenoxy) is 2. The number of likely N-dealkylation sites (N-methyl/N-ethyl adjacent to an activating group) is 1. The molecule has 0 saturated heterocycles. The number of benzene rings is 1. The number of fused-ring (bicyclic) bond motifs is 1. The van der Waals surface area contributed by atoms with Crippen LogP contribution in [0.3, 0.4) is 0 Å². The monoisotopic (exact) mass is 430 g/mol. The van der Waals surface area contributed by atoms with Crippen LogP contribution in [0.25, 0.3) is 5.69 Å². The van der Waals surface area contributed by atoms with Crippen LogP contribution in [-0.4, -0.2) is 38.5 Å². The van der Waals surface area contributed by atoms with Crippen LogP contribution >= 0.6 is 0 Å². The molecular formula is C20H20F2N6O3. The third-order valence-electron chi connectivity index (χ3n) is 4.34. The number of carbonyl (C=O) groups excluding carboxylic acids is 1. The molecule has 31 heavy (non-hydrogen) atoms. The highest BCUT2D eigenvalue weighted by molar-refractivity contribution is 5.78. The third-order valence-corrected chi connectivity index (χ3v) is 4.34. The average molecular weight is 430 g/mol. The van der Waals surface area contributed by atoms with Crippen LogP contribution in [0.1, 0.15) is 24.1 Å². The second-order valence-electron chi connectivity index (χ2n) is 6.96. The molecule has 1 aliphatic rings. The minimum Gasteiger partial charge on any atom is -0.395 e. The summed E-state index contributed by atoms with van der Waals surface area (Å²) in [6.07, 6.45) is -3.69. The van der Waals surface area contributed by atoms with E-state index in [1.165, 1.54) is 18.2 Å². The zero-order chi connectivity index (χ0) is 22.2. The van der Waals surface area contributed by atoms with Crippen molar-refractivity contribution >= 4 is 17.5 Å². The summed E-state index contributed by atoms with van der Waals surface area (Å²) in [5, 5.41) is 10.2. The lowest BCUT2D eigenvalue weighted by Crippen LogP contribution is -2.26. The molecule has 3 aromatic rings. The van der Waals surface area contributed by atoms with Crippen molar-refractivity contribution in [3.63, 3.8) is 0 Å². The maximum Gasteiger partial charge on any atom is 0.586 e. The summed E-state index contributed by atoms with van der Waals surface area (Å²) < 4.78 is 36.9. The van der Waals surface area contributed by atoms with E-state index in [-0.39, 0.29) is 29.8 Å². The summed E-state index contributed by atoms with van der Waals surface area (Å²) in [7, 11) is 0. The van der Waals surface area contributed by atoms with Crippen molar-refractivity contribution in [2.45, 2.75) is 33.5 Å². The molecule has 3 heterocycles. The van der Waals surface area contributed by atoms with Gasteiger partial charge in [-0.3, -0.25) is 9.78 Å². The molecule has 11 heteroatoms. The number of aromatic nitrogens is 4. The highest BCUT2D eigenvalue weighted by atomic mass is 19.3. The Morgan fingerprint density at radius 3 is 2.52 bits per heavy atom. The van der Waals surface area contributed by atoms with E-state index in [9.17, 15) is 13.6 Å². The second kappa shape index (κ2) is 7.82. The highest BCUT2D eigenvalue weighted by Gasteiger charge is 2.43. The van der Waals surface area contributed by atoms with Gasteiger partial charge in [0.15, 0.2) is 11.5 Å². The Bertz CT molecular complexity index is 1130. The number of rotatable bonds is 6.